The fourth-order valence-electron chi connectivity index (χ4n) is 11.9. The van der Waals surface area contributed by atoms with Crippen molar-refractivity contribution < 1.29 is 24.5 Å². The molecule has 5 rings (SSSR count). The summed E-state index contributed by atoms with van der Waals surface area (Å²) in [5.41, 5.74) is 8.63. The highest BCUT2D eigenvalue weighted by Gasteiger charge is 2.37. The Morgan fingerprint density at radius 1 is 0.349 bits per heavy atom. The maximum atomic E-state index is 10.6. The molecule has 0 unspecified atom stereocenters. The minimum Gasteiger partial charge on any atom is -0.871 e. The van der Waals surface area contributed by atoms with Crippen molar-refractivity contribution in [3.05, 3.63) is 175 Å². The summed E-state index contributed by atoms with van der Waals surface area (Å²) in [6, 6.07) is 40.4. The van der Waals surface area contributed by atoms with Gasteiger partial charge in [-0.05, 0) is 148 Å². The molecule has 2 N–H and O–H groups in total. The minimum atomic E-state index is -2.24. The van der Waals surface area contributed by atoms with Gasteiger partial charge in [0.1, 0.15) is 0 Å². The van der Waals surface area contributed by atoms with Gasteiger partial charge in [-0.2, -0.15) is 0 Å². The second-order valence-corrected chi connectivity index (χ2v) is 27.0. The monoisotopic (exact) mass is 1240 g/mol. The molecule has 0 saturated carbocycles. The number of halogens is 3. The number of rotatable bonds is 46. The Morgan fingerprint density at radius 3 is 0.884 bits per heavy atom. The number of aryl methyl sites for hydroxylation is 5. The second-order valence-electron chi connectivity index (χ2n) is 25.8. The van der Waals surface area contributed by atoms with Gasteiger partial charge in [0.05, 0.1) is 48.6 Å². The second kappa shape index (κ2) is 49.6. The fourth-order valence-corrected chi connectivity index (χ4v) is 12.4. The molecule has 0 aliphatic carbocycles. The number of benzene rings is 5. The van der Waals surface area contributed by atoms with Crippen LogP contribution in [0.1, 0.15) is 263 Å². The van der Waals surface area contributed by atoms with Gasteiger partial charge in [0.2, 0.25) is 0 Å². The lowest BCUT2D eigenvalue weighted by Crippen LogP contribution is -3.05. The van der Waals surface area contributed by atoms with Crippen molar-refractivity contribution in [2.24, 2.45) is 0 Å². The molecule has 0 aliphatic heterocycles. The smallest absolute Gasteiger partial charge is 0.0766 e. The van der Waals surface area contributed by atoms with Crippen molar-refractivity contribution in [2.75, 3.05) is 47.9 Å². The van der Waals surface area contributed by atoms with E-state index in [0.29, 0.717) is 21.5 Å². The van der Waals surface area contributed by atoms with Crippen LogP contribution in [-0.4, -0.2) is 55.2 Å². The minimum absolute atomic E-state index is 0.160. The van der Waals surface area contributed by atoms with Crippen LogP contribution < -0.4 is 19.8 Å². The number of hydrogen-bond donors (Lipinski definition) is 2. The number of quaternary nitrogens is 2. The van der Waals surface area contributed by atoms with Crippen molar-refractivity contribution >= 4 is 42.1 Å². The van der Waals surface area contributed by atoms with Crippen molar-refractivity contribution in [3.63, 3.8) is 0 Å². The standard InChI is InChI=1S/C27H28BCl3O3.2C25H45N/c1-18-7-10-21(15-24(18)29)27(13-5-4-6-14-34-28(32)33,22-11-8-19(2)25(30)16-22)23-12-9-20(3)26(31)17-23;2*1-26(2)24-20-15-13-11-9-7-5-3-4-6-8-10-12-14-17-21-25-22-18-16-19-23-25/h7-12,15-17H,4-6,13-14H2,1-3H3;2*16,18-19,22-23H,3-15,17,20-21,24H2,1-2H3/q-2;;/p+2. The van der Waals surface area contributed by atoms with E-state index in [1.165, 1.54) is 230 Å². The Hall–Kier alpha value is -3.17. The molecule has 0 aliphatic rings. The van der Waals surface area contributed by atoms with Crippen LogP contribution >= 0.6 is 34.8 Å². The molecule has 0 fully saturated rings. The van der Waals surface area contributed by atoms with Gasteiger partial charge in [0, 0.05) is 27.1 Å². The lowest BCUT2D eigenvalue weighted by molar-refractivity contribution is -0.858. The first-order valence-corrected chi connectivity index (χ1v) is 35.7. The maximum absolute atomic E-state index is 10.6. The van der Waals surface area contributed by atoms with E-state index in [-0.39, 0.29) is 6.61 Å². The third-order valence-corrected chi connectivity index (χ3v) is 18.6. The highest BCUT2D eigenvalue weighted by atomic mass is 35.5. The Labute approximate surface area is 543 Å². The van der Waals surface area contributed by atoms with Gasteiger partial charge < -0.3 is 24.5 Å². The first kappa shape index (κ1) is 77.1. The molecule has 5 aromatic rings. The Kier molecular flexibility index (Phi) is 44.5. The van der Waals surface area contributed by atoms with Crippen LogP contribution in [0.3, 0.4) is 0 Å². The summed E-state index contributed by atoms with van der Waals surface area (Å²) in [4.78, 5) is 3.19. The molecule has 0 saturated heterocycles. The molecule has 0 atom stereocenters. The summed E-state index contributed by atoms with van der Waals surface area (Å²) < 4.78 is 4.65. The zero-order chi connectivity index (χ0) is 62.3. The van der Waals surface area contributed by atoms with E-state index in [9.17, 15) is 10.0 Å². The highest BCUT2D eigenvalue weighted by molar-refractivity contribution is 6.32. The lowest BCUT2D eigenvalue weighted by Gasteiger charge is -2.37. The zero-order valence-electron chi connectivity index (χ0n) is 55.5. The molecule has 480 valence electrons. The summed E-state index contributed by atoms with van der Waals surface area (Å²) in [5.74, 6) is 0. The summed E-state index contributed by atoms with van der Waals surface area (Å²) in [7, 11) is 6.79. The SMILES string of the molecule is C[NH+](C)CCCCCCCCCCCCCCCCCc1ccccc1.C[NH+](C)CCCCCCCCCCCCCCCCCc1ccccc1.Cc1ccc(C(CCCCCOB([O-])[O-])(c2ccc(C)c(Cl)c2)c2ccc(C)c(Cl)c2)cc1Cl. The Morgan fingerprint density at radius 2 is 0.616 bits per heavy atom. The zero-order valence-corrected chi connectivity index (χ0v) is 57.8. The van der Waals surface area contributed by atoms with Crippen molar-refractivity contribution in [3.8, 4) is 0 Å². The molecule has 0 heterocycles. The molecule has 0 bridgehead atoms. The Balaban J connectivity index is 0.000000343. The largest absolute Gasteiger partial charge is 0.871 e. The third kappa shape index (κ3) is 35.9. The van der Waals surface area contributed by atoms with E-state index in [1.807, 2.05) is 57.2 Å². The molecule has 0 radical (unpaired) electrons. The van der Waals surface area contributed by atoms with Crippen molar-refractivity contribution in [1.82, 2.24) is 0 Å². The normalized spacial score (nSPS) is 11.5. The predicted octanol–water partition coefficient (Wildman–Crippen LogP) is 18.6. The fraction of sp³-hybridized carbons (Fsp3) is 0.610. The van der Waals surface area contributed by atoms with Crippen molar-refractivity contribution in [1.29, 1.82) is 0 Å². The van der Waals surface area contributed by atoms with Crippen LogP contribution in [0, 0.1) is 20.8 Å². The van der Waals surface area contributed by atoms with Gasteiger partial charge in [0.15, 0.2) is 0 Å². The number of unbranched alkanes of at least 4 members (excludes halogenated alkanes) is 30. The molecule has 0 amide bonds. The summed E-state index contributed by atoms with van der Waals surface area (Å²) in [6.07, 6.45) is 48.9. The molecule has 5 nitrogen and oxygen atoms in total. The van der Waals surface area contributed by atoms with Gasteiger partial charge in [-0.1, -0.05) is 299 Å². The lowest BCUT2D eigenvalue weighted by atomic mass is 9.66. The summed E-state index contributed by atoms with van der Waals surface area (Å²) in [5, 5.41) is 23.4. The van der Waals surface area contributed by atoms with E-state index in [4.69, 9.17) is 34.8 Å². The first-order chi connectivity index (χ1) is 41.7. The van der Waals surface area contributed by atoms with Crippen LogP contribution in [0.15, 0.2) is 115 Å². The van der Waals surface area contributed by atoms with E-state index in [1.54, 1.807) is 9.80 Å². The quantitative estimate of drug-likeness (QED) is 0.0232. The first-order valence-electron chi connectivity index (χ1n) is 34.6. The molecule has 0 spiro atoms. The van der Waals surface area contributed by atoms with Gasteiger partial charge in [-0.3, -0.25) is 0 Å². The van der Waals surface area contributed by atoms with Crippen LogP contribution in [-0.2, 0) is 22.9 Å². The topological polar surface area (TPSA) is 64.2 Å². The molecule has 9 heteroatoms. The average Bonchev–Trinajstić information content (AvgIpc) is 1.40. The van der Waals surface area contributed by atoms with Crippen LogP contribution in [0.25, 0.3) is 0 Å². The average molecular weight is 1240 g/mol. The van der Waals surface area contributed by atoms with Crippen LogP contribution in [0.5, 0.6) is 0 Å². The Bertz CT molecular complexity index is 2200. The number of nitrogens with one attached hydrogen (secondary N) is 2. The van der Waals surface area contributed by atoms with E-state index in [0.717, 1.165) is 52.6 Å². The molecule has 5 aromatic carbocycles. The van der Waals surface area contributed by atoms with Crippen LogP contribution in [0.2, 0.25) is 15.1 Å². The van der Waals surface area contributed by atoms with Gasteiger partial charge in [0.25, 0.3) is 0 Å². The molecular weight excluding hydrogens is 1120 g/mol. The predicted molar refractivity (Wildman–Crippen MR) is 373 cm³/mol. The van der Waals surface area contributed by atoms with E-state index >= 15 is 0 Å². The molecular formula is C77H120BCl3N2O3. The van der Waals surface area contributed by atoms with Gasteiger partial charge >= 0.3 is 0 Å². The van der Waals surface area contributed by atoms with Crippen molar-refractivity contribution in [2.45, 2.75) is 257 Å². The van der Waals surface area contributed by atoms with E-state index in [2.05, 4.69) is 112 Å². The van der Waals surface area contributed by atoms with Gasteiger partial charge in [-0.15, -0.1) is 0 Å². The third-order valence-electron chi connectivity index (χ3n) is 17.4. The molecule has 86 heavy (non-hydrogen) atoms. The van der Waals surface area contributed by atoms with Crippen LogP contribution in [0.4, 0.5) is 0 Å². The highest BCUT2D eigenvalue weighted by Crippen LogP contribution is 2.46. The summed E-state index contributed by atoms with van der Waals surface area (Å²) in [6.45, 7) is 8.80. The summed E-state index contributed by atoms with van der Waals surface area (Å²) >= 11 is 19.8. The van der Waals surface area contributed by atoms with Gasteiger partial charge in [-0.25, -0.2) is 0 Å². The molecule has 0 aromatic heterocycles. The maximum Gasteiger partial charge on any atom is 0.0766 e. The number of hydrogen-bond acceptors (Lipinski definition) is 3. The van der Waals surface area contributed by atoms with E-state index < -0.39 is 12.7 Å².